The fourth-order valence-electron chi connectivity index (χ4n) is 3.53. The van der Waals surface area contributed by atoms with Crippen LogP contribution in [0.5, 0.6) is 0 Å². The summed E-state index contributed by atoms with van der Waals surface area (Å²) < 4.78 is 1.41. The Hall–Kier alpha value is -2.95. The number of benzene rings is 2. The number of aromatic nitrogens is 2. The molecule has 0 aliphatic carbocycles. The minimum absolute atomic E-state index is 0.110. The van der Waals surface area contributed by atoms with Crippen molar-refractivity contribution in [2.24, 2.45) is 0 Å². The van der Waals surface area contributed by atoms with Crippen molar-refractivity contribution in [2.45, 2.75) is 32.9 Å². The molecule has 1 aliphatic heterocycles. The lowest BCUT2D eigenvalue weighted by Gasteiger charge is -2.29. The first kappa shape index (κ1) is 16.5. The van der Waals surface area contributed by atoms with Gasteiger partial charge in [0.2, 0.25) is 0 Å². The Kier molecular flexibility index (Phi) is 4.07. The van der Waals surface area contributed by atoms with Crippen molar-refractivity contribution in [1.29, 1.82) is 0 Å². The summed E-state index contributed by atoms with van der Waals surface area (Å²) in [5, 5.41) is 5.61. The Bertz CT molecular complexity index is 1050. The van der Waals surface area contributed by atoms with Crippen molar-refractivity contribution in [1.82, 2.24) is 14.7 Å². The van der Waals surface area contributed by atoms with Gasteiger partial charge in [-0.1, -0.05) is 42.5 Å². The molecular formula is C21H21N3O2. The van der Waals surface area contributed by atoms with Gasteiger partial charge >= 0.3 is 0 Å². The molecule has 0 saturated heterocycles. The molecule has 0 fully saturated rings. The minimum atomic E-state index is -0.156. The van der Waals surface area contributed by atoms with E-state index in [1.54, 1.807) is 12.1 Å². The molecule has 2 aromatic carbocycles. The molecule has 0 bridgehead atoms. The van der Waals surface area contributed by atoms with Gasteiger partial charge in [0.05, 0.1) is 11.4 Å². The van der Waals surface area contributed by atoms with Gasteiger partial charge in [0.1, 0.15) is 0 Å². The van der Waals surface area contributed by atoms with Crippen LogP contribution in [0.15, 0.2) is 53.3 Å². The Morgan fingerprint density at radius 2 is 1.65 bits per heavy atom. The smallest absolute Gasteiger partial charge is 0.275 e. The molecule has 5 heteroatoms. The second-order valence-electron chi connectivity index (χ2n) is 6.98. The van der Waals surface area contributed by atoms with E-state index in [4.69, 9.17) is 0 Å². The van der Waals surface area contributed by atoms with Gasteiger partial charge in [-0.3, -0.25) is 9.59 Å². The summed E-state index contributed by atoms with van der Waals surface area (Å²) in [5.41, 5.74) is 2.67. The highest BCUT2D eigenvalue weighted by Gasteiger charge is 2.25. The highest BCUT2D eigenvalue weighted by molar-refractivity contribution is 6.04. The third kappa shape index (κ3) is 2.69. The first-order valence-electron chi connectivity index (χ1n) is 8.94. The van der Waals surface area contributed by atoms with Crippen LogP contribution in [0.1, 0.15) is 41.5 Å². The van der Waals surface area contributed by atoms with Crippen LogP contribution in [0.4, 0.5) is 0 Å². The van der Waals surface area contributed by atoms with E-state index >= 15 is 0 Å². The Morgan fingerprint density at radius 1 is 1.00 bits per heavy atom. The monoisotopic (exact) mass is 347 g/mol. The number of carbonyl (C=O) groups is 1. The van der Waals surface area contributed by atoms with E-state index in [2.05, 4.69) is 17.2 Å². The fraction of sp³-hybridized carbons (Fsp3) is 0.286. The van der Waals surface area contributed by atoms with Crippen molar-refractivity contribution in [3.05, 3.63) is 75.7 Å². The molecule has 4 rings (SSSR count). The molecule has 0 radical (unpaired) electrons. The lowest BCUT2D eigenvalue weighted by atomic mass is 9.99. The molecule has 3 aromatic rings. The molecule has 0 N–H and O–H groups in total. The van der Waals surface area contributed by atoms with Crippen LogP contribution in [0.3, 0.4) is 0 Å². The third-order valence-electron chi connectivity index (χ3n) is 4.94. The molecule has 26 heavy (non-hydrogen) atoms. The van der Waals surface area contributed by atoms with E-state index in [0.29, 0.717) is 29.6 Å². The summed E-state index contributed by atoms with van der Waals surface area (Å²) in [6.07, 6.45) is 0.837. The fourth-order valence-corrected chi connectivity index (χ4v) is 3.53. The van der Waals surface area contributed by atoms with Gasteiger partial charge in [-0.05, 0) is 37.5 Å². The number of rotatable bonds is 2. The SMILES string of the molecule is CC(C)n1nc(C(=O)N2CCc3ccccc3C2)c2ccccc2c1=O. The first-order valence-corrected chi connectivity index (χ1v) is 8.94. The number of hydrogen-bond donors (Lipinski definition) is 0. The predicted molar refractivity (Wildman–Crippen MR) is 101 cm³/mol. The van der Waals surface area contributed by atoms with Crippen molar-refractivity contribution in [3.63, 3.8) is 0 Å². The van der Waals surface area contributed by atoms with Gasteiger partial charge in [-0.15, -0.1) is 0 Å². The second-order valence-corrected chi connectivity index (χ2v) is 6.98. The molecule has 5 nitrogen and oxygen atoms in total. The highest BCUT2D eigenvalue weighted by atomic mass is 16.2. The molecule has 132 valence electrons. The van der Waals surface area contributed by atoms with Gasteiger partial charge in [-0.25, -0.2) is 4.68 Å². The lowest BCUT2D eigenvalue weighted by Crippen LogP contribution is -2.38. The molecule has 0 atom stereocenters. The van der Waals surface area contributed by atoms with E-state index < -0.39 is 0 Å². The van der Waals surface area contributed by atoms with Crippen LogP contribution in [0.2, 0.25) is 0 Å². The predicted octanol–water partition coefficient (Wildman–Crippen LogP) is 3.18. The van der Waals surface area contributed by atoms with Crippen molar-refractivity contribution >= 4 is 16.7 Å². The average Bonchev–Trinajstić information content (AvgIpc) is 2.67. The standard InChI is InChI=1S/C21H21N3O2/c1-14(2)24-20(25)18-10-6-5-9-17(18)19(22-24)21(26)23-12-11-15-7-3-4-8-16(15)13-23/h3-10,14H,11-13H2,1-2H3. The molecule has 1 amide bonds. The topological polar surface area (TPSA) is 55.2 Å². The summed E-state index contributed by atoms with van der Waals surface area (Å²) in [7, 11) is 0. The number of fused-ring (bicyclic) bond motifs is 2. The van der Waals surface area contributed by atoms with E-state index in [0.717, 1.165) is 6.42 Å². The maximum Gasteiger partial charge on any atom is 0.275 e. The number of hydrogen-bond acceptors (Lipinski definition) is 3. The normalized spacial score (nSPS) is 13.9. The van der Waals surface area contributed by atoms with Gasteiger partial charge in [-0.2, -0.15) is 5.10 Å². The molecule has 2 heterocycles. The minimum Gasteiger partial charge on any atom is -0.333 e. The molecule has 0 unspecified atom stereocenters. The van der Waals surface area contributed by atoms with Crippen molar-refractivity contribution in [2.75, 3.05) is 6.54 Å². The number of nitrogens with zero attached hydrogens (tertiary/aromatic N) is 3. The summed E-state index contributed by atoms with van der Waals surface area (Å²) >= 11 is 0. The van der Waals surface area contributed by atoms with E-state index in [1.165, 1.54) is 15.8 Å². The number of carbonyl (C=O) groups excluding carboxylic acids is 1. The molecule has 0 spiro atoms. The first-order chi connectivity index (χ1) is 12.6. The van der Waals surface area contributed by atoms with Crippen LogP contribution >= 0.6 is 0 Å². The summed E-state index contributed by atoms with van der Waals surface area (Å²) in [4.78, 5) is 27.7. The van der Waals surface area contributed by atoms with Crippen molar-refractivity contribution in [3.8, 4) is 0 Å². The third-order valence-corrected chi connectivity index (χ3v) is 4.94. The lowest BCUT2D eigenvalue weighted by molar-refractivity contribution is 0.0728. The maximum absolute atomic E-state index is 13.3. The zero-order valence-corrected chi connectivity index (χ0v) is 15.0. The molecule has 0 saturated carbocycles. The largest absolute Gasteiger partial charge is 0.333 e. The number of amides is 1. The Morgan fingerprint density at radius 3 is 2.38 bits per heavy atom. The Labute approximate surface area is 151 Å². The molecule has 1 aromatic heterocycles. The van der Waals surface area contributed by atoms with Crippen LogP contribution < -0.4 is 5.56 Å². The maximum atomic E-state index is 13.3. The summed E-state index contributed by atoms with van der Waals surface area (Å²) in [5.74, 6) is -0.120. The van der Waals surface area contributed by atoms with Crippen LogP contribution in [0, 0.1) is 0 Å². The molecule has 1 aliphatic rings. The second kappa shape index (κ2) is 6.41. The Balaban J connectivity index is 1.80. The van der Waals surface area contributed by atoms with Gasteiger partial charge in [0.15, 0.2) is 5.69 Å². The van der Waals surface area contributed by atoms with Gasteiger partial charge in [0.25, 0.3) is 11.5 Å². The van der Waals surface area contributed by atoms with Crippen molar-refractivity contribution < 1.29 is 4.79 Å². The van der Waals surface area contributed by atoms with Crippen LogP contribution in [-0.4, -0.2) is 27.1 Å². The van der Waals surface area contributed by atoms with E-state index in [-0.39, 0.29) is 17.5 Å². The van der Waals surface area contributed by atoms with Gasteiger partial charge < -0.3 is 4.90 Å². The van der Waals surface area contributed by atoms with Gasteiger partial charge in [0, 0.05) is 18.5 Å². The van der Waals surface area contributed by atoms with Crippen LogP contribution in [0.25, 0.3) is 10.8 Å². The zero-order valence-electron chi connectivity index (χ0n) is 15.0. The zero-order chi connectivity index (χ0) is 18.3. The quantitative estimate of drug-likeness (QED) is 0.715. The molecular weight excluding hydrogens is 326 g/mol. The summed E-state index contributed by atoms with van der Waals surface area (Å²) in [6, 6.07) is 15.3. The summed E-state index contributed by atoms with van der Waals surface area (Å²) in [6.45, 7) is 5.03. The highest BCUT2D eigenvalue weighted by Crippen LogP contribution is 2.22. The van der Waals surface area contributed by atoms with E-state index in [9.17, 15) is 9.59 Å². The van der Waals surface area contributed by atoms with E-state index in [1.807, 2.05) is 43.0 Å². The average molecular weight is 347 g/mol. The van der Waals surface area contributed by atoms with Crippen LogP contribution in [-0.2, 0) is 13.0 Å².